The van der Waals surface area contributed by atoms with Crippen molar-refractivity contribution in [2.75, 3.05) is 5.32 Å². The van der Waals surface area contributed by atoms with Gasteiger partial charge in [-0.25, -0.2) is 9.37 Å². The van der Waals surface area contributed by atoms with E-state index in [0.29, 0.717) is 34.3 Å². The molecule has 0 aliphatic rings. The van der Waals surface area contributed by atoms with Crippen LogP contribution in [0.4, 0.5) is 10.2 Å². The molecule has 152 valence electrons. The minimum absolute atomic E-state index is 0.276. The minimum atomic E-state index is -0.385. The highest BCUT2D eigenvalue weighted by atomic mass is 35.5. The van der Waals surface area contributed by atoms with E-state index >= 15 is 0 Å². The van der Waals surface area contributed by atoms with E-state index in [9.17, 15) is 9.18 Å². The van der Waals surface area contributed by atoms with E-state index < -0.39 is 0 Å². The number of imidazole rings is 1. The molecule has 0 spiro atoms. The zero-order valence-electron chi connectivity index (χ0n) is 15.9. The quantitative estimate of drug-likeness (QED) is 0.434. The molecule has 0 unspecified atom stereocenters. The van der Waals surface area contributed by atoms with Crippen molar-refractivity contribution in [3.05, 3.63) is 94.2 Å². The van der Waals surface area contributed by atoms with Gasteiger partial charge in [-0.15, -0.1) is 0 Å². The zero-order chi connectivity index (χ0) is 21.3. The van der Waals surface area contributed by atoms with Crippen molar-refractivity contribution in [1.29, 1.82) is 0 Å². The Labute approximate surface area is 182 Å². The van der Waals surface area contributed by atoms with E-state index in [1.807, 2.05) is 34.9 Å². The molecule has 0 atom stereocenters. The molecule has 1 amide bonds. The fourth-order valence-corrected chi connectivity index (χ4v) is 3.54. The molecule has 0 saturated heterocycles. The number of hydrogen-bond acceptors (Lipinski definition) is 2. The molecule has 4 aromatic rings. The lowest BCUT2D eigenvalue weighted by molar-refractivity contribution is 0.101. The lowest BCUT2D eigenvalue weighted by Crippen LogP contribution is -2.18. The number of rotatable bonds is 5. The van der Waals surface area contributed by atoms with Gasteiger partial charge < -0.3 is 14.5 Å². The van der Waals surface area contributed by atoms with Gasteiger partial charge in [0.2, 0.25) is 0 Å². The lowest BCUT2D eigenvalue weighted by atomic mass is 10.1. The van der Waals surface area contributed by atoms with Crippen molar-refractivity contribution < 1.29 is 9.18 Å². The number of carbonyl (C=O) groups excluding carboxylic acids is 1. The molecule has 0 fully saturated rings. The smallest absolute Gasteiger partial charge is 0.273 e. The number of carbonyl (C=O) groups is 1. The van der Waals surface area contributed by atoms with Crippen molar-refractivity contribution >= 4 is 34.9 Å². The molecule has 1 N–H and O–H groups in total. The van der Waals surface area contributed by atoms with Crippen LogP contribution >= 0.6 is 23.2 Å². The van der Waals surface area contributed by atoms with E-state index in [-0.39, 0.29) is 16.9 Å². The third-order valence-electron chi connectivity index (χ3n) is 4.73. The highest BCUT2D eigenvalue weighted by Crippen LogP contribution is 2.30. The summed E-state index contributed by atoms with van der Waals surface area (Å²) < 4.78 is 16.7. The third-order valence-corrected chi connectivity index (χ3v) is 5.57. The van der Waals surface area contributed by atoms with E-state index in [0.717, 1.165) is 5.56 Å². The first kappa shape index (κ1) is 20.2. The van der Waals surface area contributed by atoms with Gasteiger partial charge in [0.1, 0.15) is 28.2 Å². The molecule has 2 aromatic carbocycles. The van der Waals surface area contributed by atoms with Crippen molar-refractivity contribution in [3.8, 4) is 11.3 Å². The maximum absolute atomic E-state index is 13.4. The monoisotopic (exact) mass is 442 g/mol. The highest BCUT2D eigenvalue weighted by molar-refractivity contribution is 6.42. The molecule has 2 heterocycles. The molecule has 4 rings (SSSR count). The van der Waals surface area contributed by atoms with Gasteiger partial charge in [-0.3, -0.25) is 4.79 Å². The molecule has 8 heteroatoms. The first-order valence-electron chi connectivity index (χ1n) is 9.11. The topological polar surface area (TPSA) is 51.9 Å². The number of aromatic nitrogens is 3. The normalized spacial score (nSPS) is 10.9. The summed E-state index contributed by atoms with van der Waals surface area (Å²) >= 11 is 12.2. The second kappa shape index (κ2) is 8.34. The van der Waals surface area contributed by atoms with Gasteiger partial charge >= 0.3 is 0 Å². The fourth-order valence-electron chi connectivity index (χ4n) is 3.16. The number of nitrogens with zero attached hydrogens (tertiary/aromatic N) is 3. The van der Waals surface area contributed by atoms with Crippen LogP contribution in [0.5, 0.6) is 0 Å². The van der Waals surface area contributed by atoms with Crippen molar-refractivity contribution in [1.82, 2.24) is 14.1 Å². The van der Waals surface area contributed by atoms with Crippen molar-refractivity contribution in [2.45, 2.75) is 6.54 Å². The summed E-state index contributed by atoms with van der Waals surface area (Å²) in [4.78, 5) is 17.5. The molecule has 0 saturated carbocycles. The third kappa shape index (κ3) is 3.97. The molecule has 0 aliphatic heterocycles. The molecule has 30 heavy (non-hydrogen) atoms. The first-order valence-corrected chi connectivity index (χ1v) is 9.86. The van der Waals surface area contributed by atoms with E-state index in [1.165, 1.54) is 22.8 Å². The van der Waals surface area contributed by atoms with Crippen LogP contribution in [0.15, 0.2) is 67.0 Å². The number of amides is 1. The second-order valence-corrected chi connectivity index (χ2v) is 7.51. The highest BCUT2D eigenvalue weighted by Gasteiger charge is 2.20. The molecule has 2 aromatic heterocycles. The van der Waals surface area contributed by atoms with Crippen LogP contribution in [-0.4, -0.2) is 20.0 Å². The lowest BCUT2D eigenvalue weighted by Gasteiger charge is -2.12. The standard InChI is InChI=1S/C22H17Cl2FN4O/c1-28-18(11-17(23)20(28)24)22(30)27-21-19(15-7-9-16(25)10-8-15)26-13-29(21)12-14-5-3-2-4-6-14/h2-11,13H,12H2,1H3,(H,27,30). The number of benzene rings is 2. The van der Waals surface area contributed by atoms with Gasteiger partial charge in [0, 0.05) is 12.6 Å². The number of hydrogen-bond donors (Lipinski definition) is 1. The van der Waals surface area contributed by atoms with Crippen molar-refractivity contribution in [3.63, 3.8) is 0 Å². The Bertz CT molecular complexity index is 1200. The summed E-state index contributed by atoms with van der Waals surface area (Å²) in [5.74, 6) is -0.241. The average Bonchev–Trinajstić information content (AvgIpc) is 3.25. The van der Waals surface area contributed by atoms with Crippen LogP contribution in [0, 0.1) is 5.82 Å². The largest absolute Gasteiger partial charge is 0.329 e. The summed E-state index contributed by atoms with van der Waals surface area (Å²) in [6.07, 6.45) is 1.65. The number of halogens is 3. The molecular formula is C22H17Cl2FN4O. The SMILES string of the molecule is Cn1c(C(=O)Nc2c(-c3ccc(F)cc3)ncn2Cc2ccccc2)cc(Cl)c1Cl. The Balaban J connectivity index is 1.74. The molecule has 0 bridgehead atoms. The Morgan fingerprint density at radius 3 is 2.43 bits per heavy atom. The van der Waals surface area contributed by atoms with Crippen LogP contribution in [0.2, 0.25) is 10.2 Å². The Morgan fingerprint density at radius 1 is 1.10 bits per heavy atom. The van der Waals surface area contributed by atoms with Gasteiger partial charge in [0.15, 0.2) is 0 Å². The zero-order valence-corrected chi connectivity index (χ0v) is 17.5. The molecule has 0 radical (unpaired) electrons. The van der Waals surface area contributed by atoms with Crippen LogP contribution in [0.25, 0.3) is 11.3 Å². The molecule has 5 nitrogen and oxygen atoms in total. The van der Waals surface area contributed by atoms with Gasteiger partial charge in [-0.2, -0.15) is 0 Å². The van der Waals surface area contributed by atoms with E-state index in [2.05, 4.69) is 10.3 Å². The van der Waals surface area contributed by atoms with Gasteiger partial charge in [0.25, 0.3) is 5.91 Å². The number of nitrogens with one attached hydrogen (secondary N) is 1. The van der Waals surface area contributed by atoms with E-state index in [1.54, 1.807) is 25.5 Å². The fraction of sp³-hybridized carbons (Fsp3) is 0.0909. The Kier molecular flexibility index (Phi) is 5.61. The summed E-state index contributed by atoms with van der Waals surface area (Å²) in [6.45, 7) is 0.499. The summed E-state index contributed by atoms with van der Waals surface area (Å²) in [6, 6.07) is 17.3. The summed E-state index contributed by atoms with van der Waals surface area (Å²) in [5.41, 5.74) is 2.57. The van der Waals surface area contributed by atoms with Crippen molar-refractivity contribution in [2.24, 2.45) is 7.05 Å². The first-order chi connectivity index (χ1) is 14.4. The Hall–Kier alpha value is -3.09. The van der Waals surface area contributed by atoms with Gasteiger partial charge in [-0.05, 0) is 35.9 Å². The van der Waals surface area contributed by atoms with Gasteiger partial charge in [-0.1, -0.05) is 53.5 Å². The molecular weight excluding hydrogens is 426 g/mol. The van der Waals surface area contributed by atoms with E-state index in [4.69, 9.17) is 23.2 Å². The van der Waals surface area contributed by atoms with Gasteiger partial charge in [0.05, 0.1) is 17.9 Å². The number of anilines is 1. The summed E-state index contributed by atoms with van der Waals surface area (Å²) in [5, 5.41) is 3.49. The minimum Gasteiger partial charge on any atom is -0.329 e. The Morgan fingerprint density at radius 2 is 1.80 bits per heavy atom. The maximum Gasteiger partial charge on any atom is 0.273 e. The predicted octanol–water partition coefficient (Wildman–Crippen LogP) is 5.64. The maximum atomic E-state index is 13.4. The van der Waals surface area contributed by atoms with Crippen LogP contribution in [-0.2, 0) is 13.6 Å². The van der Waals surface area contributed by atoms with Crippen LogP contribution in [0.1, 0.15) is 16.1 Å². The van der Waals surface area contributed by atoms with Crippen LogP contribution < -0.4 is 5.32 Å². The van der Waals surface area contributed by atoms with Crippen LogP contribution in [0.3, 0.4) is 0 Å². The second-order valence-electron chi connectivity index (χ2n) is 6.74. The average molecular weight is 443 g/mol. The molecule has 0 aliphatic carbocycles. The summed E-state index contributed by atoms with van der Waals surface area (Å²) in [7, 11) is 1.66. The predicted molar refractivity (Wildman–Crippen MR) is 117 cm³/mol.